The van der Waals surface area contributed by atoms with Gasteiger partial charge in [-0.2, -0.15) is 4.98 Å². The van der Waals surface area contributed by atoms with E-state index in [2.05, 4.69) is 25.3 Å². The van der Waals surface area contributed by atoms with Crippen LogP contribution in [0, 0.1) is 0 Å². The van der Waals surface area contributed by atoms with Crippen molar-refractivity contribution in [3.8, 4) is 0 Å². The quantitative estimate of drug-likeness (QED) is 0.749. The molecule has 0 radical (unpaired) electrons. The molecule has 0 amide bonds. The molecule has 0 aromatic carbocycles. The van der Waals surface area contributed by atoms with Gasteiger partial charge in [0.25, 0.3) is 5.71 Å². The first kappa shape index (κ1) is 9.53. The molecule has 0 bridgehead atoms. The van der Waals surface area contributed by atoms with Crippen LogP contribution in [-0.2, 0) is 0 Å². The Hall–Kier alpha value is -1.69. The van der Waals surface area contributed by atoms with E-state index in [0.29, 0.717) is 5.71 Å². The van der Waals surface area contributed by atoms with E-state index in [0.717, 1.165) is 43.9 Å². The second-order valence-corrected chi connectivity index (χ2v) is 3.85. The maximum atomic E-state index is 5.04. The van der Waals surface area contributed by atoms with Crippen LogP contribution in [0.3, 0.4) is 0 Å². The van der Waals surface area contributed by atoms with Crippen LogP contribution in [0.1, 0.15) is 6.42 Å². The minimum atomic E-state index is 0.558. The zero-order chi connectivity index (χ0) is 10.8. The zero-order valence-corrected chi connectivity index (χ0v) is 8.89. The van der Waals surface area contributed by atoms with E-state index in [1.807, 2.05) is 0 Å². The van der Waals surface area contributed by atoms with Crippen LogP contribution in [-0.4, -0.2) is 41.3 Å². The predicted molar refractivity (Wildman–Crippen MR) is 59.3 cm³/mol. The Balaban J connectivity index is 1.91. The van der Waals surface area contributed by atoms with Crippen molar-refractivity contribution in [1.82, 2.24) is 20.4 Å². The molecular weight excluding hydrogens is 206 g/mol. The van der Waals surface area contributed by atoms with Gasteiger partial charge in [0.05, 0.1) is 11.6 Å². The van der Waals surface area contributed by atoms with Gasteiger partial charge in [-0.1, -0.05) is 5.16 Å². The second-order valence-electron chi connectivity index (χ2n) is 3.85. The number of nitrogens with one attached hydrogen (secondary N) is 1. The topological polar surface area (TPSA) is 67.1 Å². The third-order valence-corrected chi connectivity index (χ3v) is 2.72. The summed E-state index contributed by atoms with van der Waals surface area (Å²) in [7, 11) is 0. The van der Waals surface area contributed by atoms with Crippen LogP contribution in [0.4, 0.5) is 5.95 Å². The van der Waals surface area contributed by atoms with Gasteiger partial charge in [0.2, 0.25) is 5.95 Å². The minimum absolute atomic E-state index is 0.558. The fourth-order valence-electron chi connectivity index (χ4n) is 1.86. The Labute approximate surface area is 92.6 Å². The van der Waals surface area contributed by atoms with Crippen LogP contribution in [0.25, 0.3) is 11.1 Å². The van der Waals surface area contributed by atoms with Crippen LogP contribution < -0.4 is 10.2 Å². The molecule has 6 heteroatoms. The van der Waals surface area contributed by atoms with Gasteiger partial charge in [-0.25, -0.2) is 4.98 Å². The van der Waals surface area contributed by atoms with Gasteiger partial charge in [0.15, 0.2) is 0 Å². The molecule has 84 valence electrons. The molecule has 16 heavy (non-hydrogen) atoms. The molecule has 0 unspecified atom stereocenters. The van der Waals surface area contributed by atoms with E-state index < -0.39 is 0 Å². The SMILES string of the molecule is c1noc2nc(N3CCCNCC3)ncc12. The summed E-state index contributed by atoms with van der Waals surface area (Å²) in [5, 5.41) is 7.89. The third kappa shape index (κ3) is 1.71. The molecule has 0 spiro atoms. The highest BCUT2D eigenvalue weighted by molar-refractivity contribution is 5.71. The number of aromatic nitrogens is 3. The van der Waals surface area contributed by atoms with Gasteiger partial charge in [0.1, 0.15) is 0 Å². The van der Waals surface area contributed by atoms with Gasteiger partial charge in [0, 0.05) is 25.8 Å². The monoisotopic (exact) mass is 219 g/mol. The van der Waals surface area contributed by atoms with Crippen molar-refractivity contribution in [3.05, 3.63) is 12.4 Å². The summed E-state index contributed by atoms with van der Waals surface area (Å²) < 4.78 is 5.04. The highest BCUT2D eigenvalue weighted by atomic mass is 16.5. The van der Waals surface area contributed by atoms with Crippen molar-refractivity contribution < 1.29 is 4.52 Å². The van der Waals surface area contributed by atoms with Crippen LogP contribution in [0.15, 0.2) is 16.9 Å². The average Bonchev–Trinajstić information content (AvgIpc) is 2.61. The highest BCUT2D eigenvalue weighted by Crippen LogP contribution is 2.14. The molecule has 3 heterocycles. The van der Waals surface area contributed by atoms with Crippen molar-refractivity contribution in [3.63, 3.8) is 0 Å². The zero-order valence-electron chi connectivity index (χ0n) is 8.89. The first-order chi connectivity index (χ1) is 7.93. The lowest BCUT2D eigenvalue weighted by atomic mass is 10.4. The number of nitrogens with zero attached hydrogens (tertiary/aromatic N) is 4. The van der Waals surface area contributed by atoms with Crippen molar-refractivity contribution in [2.24, 2.45) is 0 Å². The standard InChI is InChI=1S/C10H13N5O/c1-2-11-3-5-15(4-1)10-12-6-8-7-13-16-9(8)14-10/h6-7,11H,1-5H2. The van der Waals surface area contributed by atoms with Crippen molar-refractivity contribution in [1.29, 1.82) is 0 Å². The van der Waals surface area contributed by atoms with Gasteiger partial charge in [-0.05, 0) is 13.0 Å². The van der Waals surface area contributed by atoms with Crippen LogP contribution >= 0.6 is 0 Å². The smallest absolute Gasteiger partial charge is 0.262 e. The largest absolute Gasteiger partial charge is 0.339 e. The molecule has 3 rings (SSSR count). The summed E-state index contributed by atoms with van der Waals surface area (Å²) in [5.41, 5.74) is 0.558. The number of hydrogen-bond donors (Lipinski definition) is 1. The van der Waals surface area contributed by atoms with Gasteiger partial charge >= 0.3 is 0 Å². The van der Waals surface area contributed by atoms with E-state index in [-0.39, 0.29) is 0 Å². The van der Waals surface area contributed by atoms with Crippen molar-refractivity contribution in [2.75, 3.05) is 31.1 Å². The Kier molecular flexibility index (Phi) is 2.41. The van der Waals surface area contributed by atoms with Crippen molar-refractivity contribution in [2.45, 2.75) is 6.42 Å². The van der Waals surface area contributed by atoms with Gasteiger partial charge in [-0.15, -0.1) is 0 Å². The molecule has 1 fully saturated rings. The molecule has 0 aliphatic carbocycles. The van der Waals surface area contributed by atoms with E-state index in [1.54, 1.807) is 12.4 Å². The summed E-state index contributed by atoms with van der Waals surface area (Å²) >= 11 is 0. The molecule has 2 aromatic rings. The predicted octanol–water partition coefficient (Wildman–Crippen LogP) is 0.417. The number of hydrogen-bond acceptors (Lipinski definition) is 6. The highest BCUT2D eigenvalue weighted by Gasteiger charge is 2.13. The minimum Gasteiger partial charge on any atom is -0.339 e. The van der Waals surface area contributed by atoms with E-state index >= 15 is 0 Å². The first-order valence-corrected chi connectivity index (χ1v) is 5.46. The average molecular weight is 219 g/mol. The number of rotatable bonds is 1. The molecular formula is C10H13N5O. The molecule has 0 saturated carbocycles. The maximum absolute atomic E-state index is 5.04. The maximum Gasteiger partial charge on any atom is 0.262 e. The van der Waals surface area contributed by atoms with E-state index in [4.69, 9.17) is 4.52 Å². The summed E-state index contributed by atoms with van der Waals surface area (Å²) in [6.45, 7) is 3.94. The van der Waals surface area contributed by atoms with Gasteiger partial charge in [-0.3, -0.25) is 0 Å². The lowest BCUT2D eigenvalue weighted by Crippen LogP contribution is -2.29. The molecule has 2 aromatic heterocycles. The molecule has 1 aliphatic heterocycles. The summed E-state index contributed by atoms with van der Waals surface area (Å²) in [6, 6.07) is 0. The fraction of sp³-hybridized carbons (Fsp3) is 0.500. The lowest BCUT2D eigenvalue weighted by Gasteiger charge is -2.18. The van der Waals surface area contributed by atoms with Crippen LogP contribution in [0.2, 0.25) is 0 Å². The third-order valence-electron chi connectivity index (χ3n) is 2.72. The molecule has 1 N–H and O–H groups in total. The summed E-state index contributed by atoms with van der Waals surface area (Å²) in [5.74, 6) is 0.730. The first-order valence-electron chi connectivity index (χ1n) is 5.46. The molecule has 1 saturated heterocycles. The molecule has 1 aliphatic rings. The van der Waals surface area contributed by atoms with Gasteiger partial charge < -0.3 is 14.7 Å². The lowest BCUT2D eigenvalue weighted by molar-refractivity contribution is 0.448. The Bertz CT molecular complexity index is 475. The Morgan fingerprint density at radius 2 is 2.25 bits per heavy atom. The number of anilines is 1. The second kappa shape index (κ2) is 4.05. The van der Waals surface area contributed by atoms with Crippen molar-refractivity contribution >= 4 is 17.0 Å². The van der Waals surface area contributed by atoms with E-state index in [1.165, 1.54) is 0 Å². The normalized spacial score (nSPS) is 17.6. The Morgan fingerprint density at radius 3 is 3.25 bits per heavy atom. The molecule has 6 nitrogen and oxygen atoms in total. The summed E-state index contributed by atoms with van der Waals surface area (Å²) in [6.07, 6.45) is 4.49. The number of fused-ring (bicyclic) bond motifs is 1. The summed E-state index contributed by atoms with van der Waals surface area (Å²) in [4.78, 5) is 10.9. The van der Waals surface area contributed by atoms with E-state index in [9.17, 15) is 0 Å². The Morgan fingerprint density at radius 1 is 1.25 bits per heavy atom. The fourth-order valence-corrected chi connectivity index (χ4v) is 1.86. The van der Waals surface area contributed by atoms with Crippen LogP contribution in [0.5, 0.6) is 0 Å². The molecule has 0 atom stereocenters.